The summed E-state index contributed by atoms with van der Waals surface area (Å²) < 4.78 is 2.46. The summed E-state index contributed by atoms with van der Waals surface area (Å²) in [6.07, 6.45) is 0. The van der Waals surface area contributed by atoms with Gasteiger partial charge in [0.1, 0.15) is 0 Å². The van der Waals surface area contributed by atoms with Gasteiger partial charge in [-0.3, -0.25) is 0 Å². The Morgan fingerprint density at radius 2 is 1.07 bits per heavy atom. The molecule has 0 aliphatic carbocycles. The fraction of sp³-hybridized carbons (Fsp3) is 0. The Hall–Kier alpha value is -0.266. The van der Waals surface area contributed by atoms with E-state index in [4.69, 9.17) is 23.2 Å². The van der Waals surface area contributed by atoms with Crippen molar-refractivity contribution in [2.24, 2.45) is 0 Å². The van der Waals surface area contributed by atoms with Crippen LogP contribution in [0.15, 0.2) is 48.5 Å². The first-order valence-electron chi connectivity index (χ1n) is 4.53. The molecule has 0 bridgehead atoms. The van der Waals surface area contributed by atoms with Crippen LogP contribution in [0.4, 0.5) is 0 Å². The van der Waals surface area contributed by atoms with Crippen LogP contribution in [-0.4, -0.2) is 0 Å². The maximum atomic E-state index is 6.11. The van der Waals surface area contributed by atoms with Crippen LogP contribution in [0.5, 0.6) is 0 Å². The molecular formula is C12H8Cl2Ti. The van der Waals surface area contributed by atoms with E-state index >= 15 is 0 Å². The molecule has 0 N–H and O–H groups in total. The van der Waals surface area contributed by atoms with E-state index in [1.54, 1.807) is 0 Å². The Balaban J connectivity index is 2.30. The van der Waals surface area contributed by atoms with Gasteiger partial charge in [-0.1, -0.05) is 0 Å². The second-order valence-corrected chi connectivity index (χ2v) is 5.97. The molecule has 0 aliphatic heterocycles. The minimum atomic E-state index is -0.423. The molecule has 2 aromatic carbocycles. The van der Waals surface area contributed by atoms with Crippen molar-refractivity contribution in [1.29, 1.82) is 0 Å². The monoisotopic (exact) mass is 270 g/mol. The molecule has 0 nitrogen and oxygen atoms in total. The van der Waals surface area contributed by atoms with Crippen LogP contribution in [0.25, 0.3) is 0 Å². The first-order chi connectivity index (χ1) is 7.27. The third kappa shape index (κ3) is 2.86. The maximum absolute atomic E-state index is 6.11. The van der Waals surface area contributed by atoms with Crippen LogP contribution in [0.2, 0.25) is 10.0 Å². The molecule has 3 heteroatoms. The van der Waals surface area contributed by atoms with Crippen molar-refractivity contribution < 1.29 is 19.2 Å². The third-order valence-electron chi connectivity index (χ3n) is 2.02. The van der Waals surface area contributed by atoms with E-state index in [0.717, 1.165) is 10.0 Å². The third-order valence-corrected chi connectivity index (χ3v) is 5.37. The molecule has 0 saturated carbocycles. The molecule has 0 unspecified atom stereocenters. The molecule has 0 saturated heterocycles. The van der Waals surface area contributed by atoms with Crippen molar-refractivity contribution in [2.75, 3.05) is 0 Å². The number of rotatable bonds is 2. The molecule has 2 rings (SSSR count). The van der Waals surface area contributed by atoms with E-state index in [0.29, 0.717) is 0 Å². The molecule has 0 spiro atoms. The summed E-state index contributed by atoms with van der Waals surface area (Å²) in [7, 11) is 0. The average Bonchev–Trinajstić information content (AvgIpc) is 2.24. The summed E-state index contributed by atoms with van der Waals surface area (Å²) in [5.41, 5.74) is 0. The summed E-state index contributed by atoms with van der Waals surface area (Å²) in [5.74, 6) is 0. The van der Waals surface area contributed by atoms with E-state index in [2.05, 4.69) is 12.1 Å². The molecule has 74 valence electrons. The number of halogens is 2. The van der Waals surface area contributed by atoms with Crippen LogP contribution in [0, 0.1) is 0 Å². The van der Waals surface area contributed by atoms with Gasteiger partial charge in [-0.25, -0.2) is 0 Å². The first-order valence-corrected chi connectivity index (χ1v) is 6.85. The van der Waals surface area contributed by atoms with Gasteiger partial charge in [-0.2, -0.15) is 0 Å². The fourth-order valence-corrected chi connectivity index (χ4v) is 3.58. The molecule has 0 amide bonds. The molecule has 0 heterocycles. The van der Waals surface area contributed by atoms with E-state index < -0.39 is 19.2 Å². The molecular weight excluding hydrogens is 263 g/mol. The topological polar surface area (TPSA) is 0 Å². The van der Waals surface area contributed by atoms with Crippen molar-refractivity contribution in [1.82, 2.24) is 0 Å². The zero-order chi connectivity index (χ0) is 10.7. The number of benzene rings is 2. The van der Waals surface area contributed by atoms with Gasteiger partial charge in [0.2, 0.25) is 0 Å². The molecule has 0 atom stereocenters. The molecule has 2 aromatic rings. The molecule has 0 radical (unpaired) electrons. The predicted octanol–water partition coefficient (Wildman–Crippen LogP) is 3.03. The van der Waals surface area contributed by atoms with Gasteiger partial charge < -0.3 is 0 Å². The van der Waals surface area contributed by atoms with Crippen LogP contribution in [0.3, 0.4) is 0 Å². The van der Waals surface area contributed by atoms with Gasteiger partial charge >= 0.3 is 109 Å². The van der Waals surface area contributed by atoms with Crippen molar-refractivity contribution in [3.8, 4) is 0 Å². The van der Waals surface area contributed by atoms with Crippen LogP contribution in [0.1, 0.15) is 0 Å². The Labute approximate surface area is 108 Å². The van der Waals surface area contributed by atoms with Crippen molar-refractivity contribution in [3.63, 3.8) is 0 Å². The Morgan fingerprint density at radius 1 is 0.667 bits per heavy atom. The SMILES string of the molecule is Clc1cccc[c]1[Ti][c]1ccccc1Cl. The molecule has 0 aliphatic rings. The van der Waals surface area contributed by atoms with E-state index in [9.17, 15) is 0 Å². The summed E-state index contributed by atoms with van der Waals surface area (Å²) in [6.45, 7) is 0. The average molecular weight is 271 g/mol. The fourth-order valence-electron chi connectivity index (χ4n) is 1.27. The first kappa shape index (κ1) is 11.2. The standard InChI is InChI=1S/2C6H4Cl.Ti/c2*7-6-4-2-1-3-5-6;/h2*1-4H;. The molecule has 15 heavy (non-hydrogen) atoms. The van der Waals surface area contributed by atoms with Crippen LogP contribution < -0.4 is 7.74 Å². The quantitative estimate of drug-likeness (QED) is 0.736. The van der Waals surface area contributed by atoms with Gasteiger partial charge in [-0.05, 0) is 0 Å². The minimum absolute atomic E-state index is 0.423. The Bertz CT molecular complexity index is 425. The van der Waals surface area contributed by atoms with Gasteiger partial charge in [0.05, 0.1) is 0 Å². The van der Waals surface area contributed by atoms with Crippen molar-refractivity contribution >= 4 is 30.9 Å². The zero-order valence-corrected chi connectivity index (χ0v) is 10.9. The number of hydrogen-bond acceptors (Lipinski definition) is 0. The summed E-state index contributed by atoms with van der Waals surface area (Å²) in [5, 5.41) is 1.69. The summed E-state index contributed by atoms with van der Waals surface area (Å²) in [4.78, 5) is 0. The second kappa shape index (κ2) is 5.18. The molecule has 0 aromatic heterocycles. The van der Waals surface area contributed by atoms with Crippen molar-refractivity contribution in [2.45, 2.75) is 0 Å². The Morgan fingerprint density at radius 3 is 1.47 bits per heavy atom. The predicted molar refractivity (Wildman–Crippen MR) is 62.2 cm³/mol. The summed E-state index contributed by atoms with van der Waals surface area (Å²) >= 11 is 11.8. The zero-order valence-electron chi connectivity index (χ0n) is 7.87. The normalized spacial score (nSPS) is 10.0. The van der Waals surface area contributed by atoms with E-state index in [1.807, 2.05) is 36.4 Å². The van der Waals surface area contributed by atoms with Gasteiger partial charge in [0.25, 0.3) is 0 Å². The van der Waals surface area contributed by atoms with Gasteiger partial charge in [0.15, 0.2) is 0 Å². The van der Waals surface area contributed by atoms with Crippen molar-refractivity contribution in [3.05, 3.63) is 58.6 Å². The second-order valence-electron chi connectivity index (χ2n) is 3.08. The Kier molecular flexibility index (Phi) is 3.88. The van der Waals surface area contributed by atoms with Crippen LogP contribution >= 0.6 is 23.2 Å². The summed E-state index contributed by atoms with van der Waals surface area (Å²) in [6, 6.07) is 15.9. The van der Waals surface area contributed by atoms with Crippen LogP contribution in [-0.2, 0) is 19.2 Å². The van der Waals surface area contributed by atoms with Gasteiger partial charge in [-0.15, -0.1) is 0 Å². The van der Waals surface area contributed by atoms with Gasteiger partial charge in [0, 0.05) is 0 Å². The van der Waals surface area contributed by atoms with E-state index in [1.165, 1.54) is 7.74 Å². The molecule has 0 fully saturated rings. The van der Waals surface area contributed by atoms with E-state index in [-0.39, 0.29) is 0 Å². The number of hydrogen-bond donors (Lipinski definition) is 0.